The molecule has 5 nitrogen and oxygen atoms in total. The molecular weight excluding hydrogens is 318 g/mol. The minimum absolute atomic E-state index is 0.242. The molecule has 1 aromatic heterocycles. The molecule has 0 bridgehead atoms. The Balaban J connectivity index is 2.02. The zero-order valence-electron chi connectivity index (χ0n) is 12.1. The summed E-state index contributed by atoms with van der Waals surface area (Å²) in [5.74, 6) is 0.291. The lowest BCUT2D eigenvalue weighted by atomic mass is 10.1. The SMILES string of the molecule is CSCC[C@@H](NC(=O)c1ccccc1)C(=O)Nc1nccs1. The van der Waals surface area contributed by atoms with E-state index in [-0.39, 0.29) is 11.8 Å². The van der Waals surface area contributed by atoms with E-state index in [4.69, 9.17) is 0 Å². The molecule has 2 N–H and O–H groups in total. The fourth-order valence-electron chi connectivity index (χ4n) is 1.81. The first-order valence-electron chi connectivity index (χ1n) is 6.76. The van der Waals surface area contributed by atoms with Crippen LogP contribution in [0.4, 0.5) is 5.13 Å². The molecule has 2 aromatic rings. The summed E-state index contributed by atoms with van der Waals surface area (Å²) in [7, 11) is 0. The number of thioether (sulfide) groups is 1. The molecule has 0 fully saturated rings. The smallest absolute Gasteiger partial charge is 0.251 e. The predicted octanol–water partition coefficient (Wildman–Crippen LogP) is 2.63. The zero-order valence-corrected chi connectivity index (χ0v) is 13.7. The van der Waals surface area contributed by atoms with E-state index in [1.807, 2.05) is 12.3 Å². The van der Waals surface area contributed by atoms with Crippen LogP contribution in [0.25, 0.3) is 0 Å². The topological polar surface area (TPSA) is 71.1 Å². The first-order valence-corrected chi connectivity index (χ1v) is 9.03. The summed E-state index contributed by atoms with van der Waals surface area (Å²) in [6.45, 7) is 0. The lowest BCUT2D eigenvalue weighted by molar-refractivity contribution is -0.118. The molecule has 0 aliphatic carbocycles. The number of hydrogen-bond donors (Lipinski definition) is 2. The van der Waals surface area contributed by atoms with Gasteiger partial charge in [-0.1, -0.05) is 18.2 Å². The Labute approximate surface area is 137 Å². The highest BCUT2D eigenvalue weighted by Gasteiger charge is 2.21. The van der Waals surface area contributed by atoms with Crippen molar-refractivity contribution in [2.75, 3.05) is 17.3 Å². The van der Waals surface area contributed by atoms with E-state index in [1.54, 1.807) is 47.6 Å². The van der Waals surface area contributed by atoms with Gasteiger partial charge in [0.25, 0.3) is 5.91 Å². The summed E-state index contributed by atoms with van der Waals surface area (Å²) in [4.78, 5) is 28.6. The summed E-state index contributed by atoms with van der Waals surface area (Å²) in [5, 5.41) is 7.85. The first-order chi connectivity index (χ1) is 10.7. The number of carbonyl (C=O) groups is 2. The molecule has 116 valence electrons. The van der Waals surface area contributed by atoms with Gasteiger partial charge >= 0.3 is 0 Å². The van der Waals surface area contributed by atoms with Gasteiger partial charge in [-0.3, -0.25) is 9.59 Å². The number of hydrogen-bond acceptors (Lipinski definition) is 5. The molecule has 7 heteroatoms. The highest BCUT2D eigenvalue weighted by Crippen LogP contribution is 2.12. The Morgan fingerprint density at radius 1 is 1.32 bits per heavy atom. The van der Waals surface area contributed by atoms with E-state index >= 15 is 0 Å². The zero-order chi connectivity index (χ0) is 15.8. The molecule has 0 unspecified atom stereocenters. The maximum Gasteiger partial charge on any atom is 0.251 e. The number of nitrogens with zero attached hydrogens (tertiary/aromatic N) is 1. The van der Waals surface area contributed by atoms with Gasteiger partial charge in [0.05, 0.1) is 0 Å². The van der Waals surface area contributed by atoms with E-state index < -0.39 is 6.04 Å². The molecule has 1 heterocycles. The molecule has 0 spiro atoms. The third-order valence-electron chi connectivity index (χ3n) is 2.93. The van der Waals surface area contributed by atoms with E-state index in [9.17, 15) is 9.59 Å². The monoisotopic (exact) mass is 335 g/mol. The second-order valence-electron chi connectivity index (χ2n) is 4.50. The lowest BCUT2D eigenvalue weighted by Gasteiger charge is -2.17. The average molecular weight is 335 g/mol. The van der Waals surface area contributed by atoms with E-state index in [0.29, 0.717) is 17.1 Å². The van der Waals surface area contributed by atoms with Gasteiger partial charge in [-0.2, -0.15) is 11.8 Å². The molecule has 0 aliphatic heterocycles. The highest BCUT2D eigenvalue weighted by molar-refractivity contribution is 7.98. The number of anilines is 1. The molecule has 0 aliphatic rings. The molecule has 1 atom stereocenters. The minimum atomic E-state index is -0.580. The van der Waals surface area contributed by atoms with Crippen LogP contribution in [0.15, 0.2) is 41.9 Å². The molecular formula is C15H17N3O2S2. The summed E-state index contributed by atoms with van der Waals surface area (Å²) in [5.41, 5.74) is 0.540. The fraction of sp³-hybridized carbons (Fsp3) is 0.267. The van der Waals surface area contributed by atoms with Gasteiger partial charge in [-0.05, 0) is 30.6 Å². The molecule has 2 rings (SSSR count). The Morgan fingerprint density at radius 3 is 2.73 bits per heavy atom. The number of benzene rings is 1. The van der Waals surface area contributed by atoms with Crippen molar-refractivity contribution in [2.24, 2.45) is 0 Å². The largest absolute Gasteiger partial charge is 0.340 e. The van der Waals surface area contributed by atoms with Crippen molar-refractivity contribution < 1.29 is 9.59 Å². The minimum Gasteiger partial charge on any atom is -0.340 e. The van der Waals surface area contributed by atoms with Crippen LogP contribution in [0.2, 0.25) is 0 Å². The first kappa shape index (κ1) is 16.5. The van der Waals surface area contributed by atoms with Gasteiger partial charge in [0.2, 0.25) is 5.91 Å². The summed E-state index contributed by atoms with van der Waals surface area (Å²) >= 11 is 2.98. The van der Waals surface area contributed by atoms with Crippen LogP contribution >= 0.6 is 23.1 Å². The second kappa shape index (κ2) is 8.55. The summed E-state index contributed by atoms with van der Waals surface area (Å²) < 4.78 is 0. The van der Waals surface area contributed by atoms with Crippen molar-refractivity contribution in [1.29, 1.82) is 0 Å². The van der Waals surface area contributed by atoms with Gasteiger partial charge in [0, 0.05) is 17.1 Å². The van der Waals surface area contributed by atoms with Crippen LogP contribution in [-0.4, -0.2) is 34.8 Å². The van der Waals surface area contributed by atoms with Crippen LogP contribution < -0.4 is 10.6 Å². The Kier molecular flexibility index (Phi) is 6.42. The molecule has 0 saturated carbocycles. The van der Waals surface area contributed by atoms with Crippen molar-refractivity contribution in [3.8, 4) is 0 Å². The maximum absolute atomic E-state index is 12.3. The van der Waals surface area contributed by atoms with Gasteiger partial charge in [-0.15, -0.1) is 11.3 Å². The quantitative estimate of drug-likeness (QED) is 0.816. The Hall–Kier alpha value is -1.86. The number of rotatable bonds is 7. The van der Waals surface area contributed by atoms with Gasteiger partial charge in [-0.25, -0.2) is 4.98 Å². The molecule has 0 saturated heterocycles. The third kappa shape index (κ3) is 4.85. The number of thiazole rings is 1. The average Bonchev–Trinajstić information content (AvgIpc) is 3.04. The van der Waals surface area contributed by atoms with Crippen LogP contribution in [0, 0.1) is 0 Å². The number of carbonyl (C=O) groups excluding carboxylic acids is 2. The molecule has 2 amide bonds. The van der Waals surface area contributed by atoms with Gasteiger partial charge in [0.1, 0.15) is 6.04 Å². The Morgan fingerprint density at radius 2 is 2.09 bits per heavy atom. The molecule has 1 aromatic carbocycles. The summed E-state index contributed by atoms with van der Waals surface area (Å²) in [6, 6.07) is 8.29. The third-order valence-corrected chi connectivity index (χ3v) is 4.26. The second-order valence-corrected chi connectivity index (χ2v) is 6.38. The van der Waals surface area contributed by atoms with Crippen LogP contribution in [-0.2, 0) is 4.79 Å². The van der Waals surface area contributed by atoms with E-state index in [2.05, 4.69) is 15.6 Å². The van der Waals surface area contributed by atoms with Crippen molar-refractivity contribution in [3.63, 3.8) is 0 Å². The van der Waals surface area contributed by atoms with Crippen molar-refractivity contribution in [2.45, 2.75) is 12.5 Å². The van der Waals surface area contributed by atoms with Crippen molar-refractivity contribution >= 4 is 40.0 Å². The van der Waals surface area contributed by atoms with Crippen molar-refractivity contribution in [3.05, 3.63) is 47.5 Å². The highest BCUT2D eigenvalue weighted by atomic mass is 32.2. The maximum atomic E-state index is 12.3. The number of amides is 2. The van der Waals surface area contributed by atoms with Gasteiger partial charge in [0.15, 0.2) is 5.13 Å². The van der Waals surface area contributed by atoms with E-state index in [0.717, 1.165) is 5.75 Å². The summed E-state index contributed by atoms with van der Waals surface area (Å²) in [6.07, 6.45) is 4.16. The van der Waals surface area contributed by atoms with Crippen LogP contribution in [0.1, 0.15) is 16.8 Å². The van der Waals surface area contributed by atoms with Crippen molar-refractivity contribution in [1.82, 2.24) is 10.3 Å². The normalized spacial score (nSPS) is 11.7. The van der Waals surface area contributed by atoms with Crippen LogP contribution in [0.5, 0.6) is 0 Å². The predicted molar refractivity (Wildman–Crippen MR) is 91.4 cm³/mol. The standard InChI is InChI=1S/C15H17N3O2S2/c1-21-9-7-12(14(20)18-15-16-8-10-22-15)17-13(19)11-5-3-2-4-6-11/h2-6,8,10,12H,7,9H2,1H3,(H,17,19)(H,16,18,20)/t12-/m1/s1. The van der Waals surface area contributed by atoms with E-state index in [1.165, 1.54) is 11.3 Å². The van der Waals surface area contributed by atoms with Crippen LogP contribution in [0.3, 0.4) is 0 Å². The number of nitrogens with one attached hydrogen (secondary N) is 2. The van der Waals surface area contributed by atoms with Gasteiger partial charge < -0.3 is 10.6 Å². The molecule has 0 radical (unpaired) electrons. The Bertz CT molecular complexity index is 603. The molecule has 22 heavy (non-hydrogen) atoms. The fourth-order valence-corrected chi connectivity index (χ4v) is 2.82. The number of aromatic nitrogens is 1. The lowest BCUT2D eigenvalue weighted by Crippen LogP contribution is -2.44.